The van der Waals surface area contributed by atoms with Crippen molar-refractivity contribution in [2.75, 3.05) is 11.5 Å². The van der Waals surface area contributed by atoms with Gasteiger partial charge in [0.05, 0.1) is 6.26 Å². The Morgan fingerprint density at radius 3 is 3.19 bits per heavy atom. The summed E-state index contributed by atoms with van der Waals surface area (Å²) >= 11 is 2.09. The summed E-state index contributed by atoms with van der Waals surface area (Å²) in [4.78, 5) is 0. The van der Waals surface area contributed by atoms with E-state index >= 15 is 0 Å². The first-order valence-corrected chi connectivity index (χ1v) is 7.49. The molecular weight excluding hydrogens is 218 g/mol. The number of rotatable bonds is 2. The third kappa shape index (κ3) is 2.16. The summed E-state index contributed by atoms with van der Waals surface area (Å²) in [5.41, 5.74) is 1.42. The Balaban J connectivity index is 1.67. The molecule has 16 heavy (non-hydrogen) atoms. The number of aryl methyl sites for hydroxylation is 1. The average molecular weight is 237 g/mol. The van der Waals surface area contributed by atoms with E-state index in [1.54, 1.807) is 0 Å². The minimum absolute atomic E-state index is 0.547. The fourth-order valence-corrected chi connectivity index (χ4v) is 3.90. The first-order valence-electron chi connectivity index (χ1n) is 6.33. The van der Waals surface area contributed by atoms with E-state index in [4.69, 9.17) is 4.42 Å². The molecule has 2 nitrogen and oxygen atoms in total. The average Bonchev–Trinajstić information content (AvgIpc) is 2.80. The zero-order valence-electron chi connectivity index (χ0n) is 9.58. The van der Waals surface area contributed by atoms with Crippen LogP contribution in [0.25, 0.3) is 0 Å². The van der Waals surface area contributed by atoms with Crippen LogP contribution >= 0.6 is 11.8 Å². The van der Waals surface area contributed by atoms with Crippen LogP contribution < -0.4 is 5.32 Å². The maximum Gasteiger partial charge on any atom is 0.108 e. The lowest BCUT2D eigenvalue weighted by atomic mass is 9.92. The van der Waals surface area contributed by atoms with Crippen LogP contribution in [0.5, 0.6) is 0 Å². The molecule has 2 heterocycles. The molecule has 0 saturated carbocycles. The van der Waals surface area contributed by atoms with Gasteiger partial charge in [-0.15, -0.1) is 0 Å². The third-order valence-corrected chi connectivity index (χ3v) is 4.86. The molecule has 1 aliphatic heterocycles. The van der Waals surface area contributed by atoms with Gasteiger partial charge in [0.1, 0.15) is 5.76 Å². The first kappa shape index (κ1) is 10.7. The van der Waals surface area contributed by atoms with Gasteiger partial charge < -0.3 is 9.73 Å². The molecule has 2 atom stereocenters. The van der Waals surface area contributed by atoms with E-state index < -0.39 is 0 Å². The lowest BCUT2D eigenvalue weighted by Crippen LogP contribution is -2.37. The maximum absolute atomic E-state index is 5.53. The zero-order valence-corrected chi connectivity index (χ0v) is 10.4. The van der Waals surface area contributed by atoms with Gasteiger partial charge in [-0.2, -0.15) is 11.8 Å². The van der Waals surface area contributed by atoms with Gasteiger partial charge in [-0.25, -0.2) is 0 Å². The highest BCUT2D eigenvalue weighted by molar-refractivity contribution is 7.99. The second kappa shape index (κ2) is 4.84. The van der Waals surface area contributed by atoms with Crippen LogP contribution in [0.15, 0.2) is 16.7 Å². The van der Waals surface area contributed by atoms with Crippen molar-refractivity contribution in [3.63, 3.8) is 0 Å². The van der Waals surface area contributed by atoms with Crippen LogP contribution in [0.1, 0.15) is 43.0 Å². The molecule has 1 aromatic rings. The fraction of sp³-hybridized carbons (Fsp3) is 0.692. The lowest BCUT2D eigenvalue weighted by molar-refractivity contribution is 0.372. The molecular formula is C13H19NOS. The van der Waals surface area contributed by atoms with Gasteiger partial charge in [0.2, 0.25) is 0 Å². The van der Waals surface area contributed by atoms with Gasteiger partial charge in [-0.3, -0.25) is 0 Å². The number of fused-ring (bicyclic) bond motifs is 1. The number of hydrogen-bond acceptors (Lipinski definition) is 3. The van der Waals surface area contributed by atoms with Crippen molar-refractivity contribution in [1.82, 2.24) is 5.32 Å². The van der Waals surface area contributed by atoms with Crippen LogP contribution in [0, 0.1) is 0 Å². The summed E-state index contributed by atoms with van der Waals surface area (Å²) in [6.07, 6.45) is 8.22. The van der Waals surface area contributed by atoms with Crippen molar-refractivity contribution in [1.29, 1.82) is 0 Å². The molecule has 1 aromatic heterocycles. The Morgan fingerprint density at radius 2 is 2.31 bits per heavy atom. The molecule has 88 valence electrons. The third-order valence-electron chi connectivity index (χ3n) is 3.65. The van der Waals surface area contributed by atoms with Crippen molar-refractivity contribution >= 4 is 11.8 Å². The molecule has 2 aliphatic rings. The van der Waals surface area contributed by atoms with Gasteiger partial charge in [0, 0.05) is 29.8 Å². The highest BCUT2D eigenvalue weighted by Gasteiger charge is 2.25. The minimum atomic E-state index is 0.547. The largest absolute Gasteiger partial charge is 0.469 e. The predicted octanol–water partition coefficient (Wildman–Crippen LogP) is 3.14. The molecule has 1 fully saturated rings. The molecule has 0 aromatic carbocycles. The molecule has 3 heteroatoms. The number of furan rings is 1. The van der Waals surface area contributed by atoms with Crippen molar-refractivity contribution in [3.05, 3.63) is 23.7 Å². The number of nitrogens with one attached hydrogen (secondary N) is 1. The van der Waals surface area contributed by atoms with E-state index in [1.807, 2.05) is 6.26 Å². The molecule has 1 N–H and O–H groups in total. The number of hydrogen-bond donors (Lipinski definition) is 1. The molecule has 0 bridgehead atoms. The van der Waals surface area contributed by atoms with Gasteiger partial charge in [-0.05, 0) is 37.5 Å². The number of thioether (sulfide) groups is 1. The van der Waals surface area contributed by atoms with Crippen LogP contribution in [0.3, 0.4) is 0 Å². The van der Waals surface area contributed by atoms with Crippen LogP contribution in [0.4, 0.5) is 0 Å². The second-order valence-corrected chi connectivity index (χ2v) is 5.97. The van der Waals surface area contributed by atoms with E-state index in [2.05, 4.69) is 23.1 Å². The van der Waals surface area contributed by atoms with Gasteiger partial charge in [0.25, 0.3) is 0 Å². The smallest absolute Gasteiger partial charge is 0.108 e. The fourth-order valence-electron chi connectivity index (χ4n) is 2.82. The van der Waals surface area contributed by atoms with Crippen molar-refractivity contribution in [3.8, 4) is 0 Å². The van der Waals surface area contributed by atoms with Gasteiger partial charge in [-0.1, -0.05) is 0 Å². The molecule has 0 amide bonds. The summed E-state index contributed by atoms with van der Waals surface area (Å²) in [7, 11) is 0. The molecule has 0 radical (unpaired) electrons. The summed E-state index contributed by atoms with van der Waals surface area (Å²) in [5, 5.41) is 3.82. The van der Waals surface area contributed by atoms with Gasteiger partial charge >= 0.3 is 0 Å². The molecule has 3 rings (SSSR count). The van der Waals surface area contributed by atoms with Crippen LogP contribution in [-0.2, 0) is 6.42 Å². The first-order chi connectivity index (χ1) is 7.93. The molecule has 1 aliphatic carbocycles. The Labute approximate surface area is 101 Å². The minimum Gasteiger partial charge on any atom is -0.469 e. The second-order valence-electron chi connectivity index (χ2n) is 4.82. The topological polar surface area (TPSA) is 25.2 Å². The highest BCUT2D eigenvalue weighted by Crippen LogP contribution is 2.31. The maximum atomic E-state index is 5.53. The van der Waals surface area contributed by atoms with Crippen LogP contribution in [-0.4, -0.2) is 17.5 Å². The van der Waals surface area contributed by atoms with Crippen molar-refractivity contribution < 1.29 is 4.42 Å². The van der Waals surface area contributed by atoms with Crippen molar-refractivity contribution in [2.24, 2.45) is 0 Å². The zero-order chi connectivity index (χ0) is 10.8. The Hall–Kier alpha value is -0.410. The standard InChI is InChI=1S/C13H19NOS/c1-4-12(11-6-7-15-13(11)5-1)14-10-3-2-8-16-9-10/h6-7,10,12,14H,1-5,8-9H2. The summed E-state index contributed by atoms with van der Waals surface area (Å²) < 4.78 is 5.53. The normalized spacial score (nSPS) is 30.0. The molecule has 1 saturated heterocycles. The van der Waals surface area contributed by atoms with E-state index in [9.17, 15) is 0 Å². The quantitative estimate of drug-likeness (QED) is 0.855. The summed E-state index contributed by atoms with van der Waals surface area (Å²) in [6, 6.07) is 3.41. The SMILES string of the molecule is c1cc2c(o1)CCCC2NC1CCCSC1. The lowest BCUT2D eigenvalue weighted by Gasteiger charge is -2.30. The van der Waals surface area contributed by atoms with Crippen molar-refractivity contribution in [2.45, 2.75) is 44.2 Å². The summed E-state index contributed by atoms with van der Waals surface area (Å²) in [6.45, 7) is 0. The van der Waals surface area contributed by atoms with E-state index in [-0.39, 0.29) is 0 Å². The Kier molecular flexibility index (Phi) is 3.25. The predicted molar refractivity (Wildman–Crippen MR) is 67.9 cm³/mol. The molecule has 2 unspecified atom stereocenters. The highest BCUT2D eigenvalue weighted by atomic mass is 32.2. The van der Waals surface area contributed by atoms with E-state index in [0.29, 0.717) is 12.1 Å². The van der Waals surface area contributed by atoms with E-state index in [1.165, 1.54) is 48.5 Å². The van der Waals surface area contributed by atoms with Crippen LogP contribution in [0.2, 0.25) is 0 Å². The van der Waals surface area contributed by atoms with Gasteiger partial charge in [0.15, 0.2) is 0 Å². The Bertz CT molecular complexity index is 343. The van der Waals surface area contributed by atoms with E-state index in [0.717, 1.165) is 6.42 Å². The monoisotopic (exact) mass is 237 g/mol. The Morgan fingerprint density at radius 1 is 1.31 bits per heavy atom. The molecule has 0 spiro atoms. The summed E-state index contributed by atoms with van der Waals surface area (Å²) in [5.74, 6) is 3.84.